The fourth-order valence-electron chi connectivity index (χ4n) is 2.27. The molecule has 0 atom stereocenters. The van der Waals surface area contributed by atoms with Crippen LogP contribution in [-0.4, -0.2) is 15.9 Å². The number of furan rings is 1. The molecule has 0 spiro atoms. The first-order valence-electron chi connectivity index (χ1n) is 6.32. The second kappa shape index (κ2) is 5.13. The van der Waals surface area contributed by atoms with Crippen LogP contribution in [0.25, 0.3) is 0 Å². The van der Waals surface area contributed by atoms with E-state index in [-0.39, 0.29) is 22.5 Å². The van der Waals surface area contributed by atoms with Crippen LogP contribution in [0.2, 0.25) is 5.22 Å². The maximum atomic E-state index is 11.9. The molecule has 7 heteroatoms. The van der Waals surface area contributed by atoms with E-state index in [4.69, 9.17) is 16.0 Å². The number of carbonyl (C=O) groups excluding carboxylic acids is 1. The van der Waals surface area contributed by atoms with E-state index in [1.54, 1.807) is 0 Å². The summed E-state index contributed by atoms with van der Waals surface area (Å²) in [6.45, 7) is 0. The standard InChI is InChI=1S/C13H12ClN3O3/c14-10-6-5-9(20-10)12(19)17-13-15-8-4-2-1-3-7(8)11(18)16-13/h5-6H,1-4H2,(H2,15,16,17,18,19). The quantitative estimate of drug-likeness (QED) is 0.888. The number of anilines is 1. The molecule has 2 heterocycles. The highest BCUT2D eigenvalue weighted by Gasteiger charge is 2.17. The third-order valence-electron chi connectivity index (χ3n) is 3.22. The summed E-state index contributed by atoms with van der Waals surface area (Å²) in [5.41, 5.74) is 1.28. The van der Waals surface area contributed by atoms with E-state index in [9.17, 15) is 9.59 Å². The van der Waals surface area contributed by atoms with Gasteiger partial charge in [0, 0.05) is 5.56 Å². The van der Waals surface area contributed by atoms with E-state index < -0.39 is 5.91 Å². The van der Waals surface area contributed by atoms with E-state index >= 15 is 0 Å². The highest BCUT2D eigenvalue weighted by atomic mass is 35.5. The van der Waals surface area contributed by atoms with E-state index in [0.29, 0.717) is 0 Å². The van der Waals surface area contributed by atoms with Gasteiger partial charge in [0.15, 0.2) is 11.0 Å². The van der Waals surface area contributed by atoms with Gasteiger partial charge < -0.3 is 4.42 Å². The lowest BCUT2D eigenvalue weighted by Crippen LogP contribution is -2.24. The summed E-state index contributed by atoms with van der Waals surface area (Å²) >= 11 is 5.61. The molecule has 0 fully saturated rings. The average molecular weight is 294 g/mol. The van der Waals surface area contributed by atoms with Crippen molar-refractivity contribution < 1.29 is 9.21 Å². The largest absolute Gasteiger partial charge is 0.440 e. The maximum absolute atomic E-state index is 11.9. The third-order valence-corrected chi connectivity index (χ3v) is 3.42. The van der Waals surface area contributed by atoms with Crippen LogP contribution in [-0.2, 0) is 12.8 Å². The molecule has 1 amide bonds. The van der Waals surface area contributed by atoms with Crippen LogP contribution in [0.15, 0.2) is 21.3 Å². The summed E-state index contributed by atoms with van der Waals surface area (Å²) in [6, 6.07) is 2.92. The normalized spacial score (nSPS) is 13.8. The Morgan fingerprint density at radius 2 is 2.15 bits per heavy atom. The first-order valence-corrected chi connectivity index (χ1v) is 6.70. The summed E-state index contributed by atoms with van der Waals surface area (Å²) < 4.78 is 4.99. The zero-order valence-corrected chi connectivity index (χ0v) is 11.3. The molecular weight excluding hydrogens is 282 g/mol. The van der Waals surface area contributed by atoms with Crippen molar-refractivity contribution >= 4 is 23.5 Å². The van der Waals surface area contributed by atoms with Gasteiger partial charge in [0.1, 0.15) is 0 Å². The minimum atomic E-state index is -0.504. The lowest BCUT2D eigenvalue weighted by Gasteiger charge is -2.14. The van der Waals surface area contributed by atoms with Crippen molar-refractivity contribution in [3.8, 4) is 0 Å². The number of hydrogen-bond donors (Lipinski definition) is 2. The minimum absolute atomic E-state index is 0.0652. The summed E-state index contributed by atoms with van der Waals surface area (Å²) in [4.78, 5) is 30.7. The number of aromatic nitrogens is 2. The van der Waals surface area contributed by atoms with Gasteiger partial charge in [-0.05, 0) is 49.4 Å². The molecule has 1 aliphatic carbocycles. The van der Waals surface area contributed by atoms with Gasteiger partial charge in [0.2, 0.25) is 5.95 Å². The Hall–Kier alpha value is -2.08. The van der Waals surface area contributed by atoms with E-state index in [1.807, 2.05) is 0 Å². The molecule has 0 aromatic carbocycles. The molecule has 2 aromatic heterocycles. The number of amides is 1. The second-order valence-corrected chi connectivity index (χ2v) is 4.98. The Labute approximate surface area is 119 Å². The van der Waals surface area contributed by atoms with Gasteiger partial charge in [-0.3, -0.25) is 19.9 Å². The average Bonchev–Trinajstić information content (AvgIpc) is 2.86. The van der Waals surface area contributed by atoms with Gasteiger partial charge in [-0.25, -0.2) is 4.98 Å². The molecule has 104 valence electrons. The topological polar surface area (TPSA) is 88.0 Å². The number of aryl methyl sites for hydroxylation is 1. The molecule has 0 saturated carbocycles. The van der Waals surface area contributed by atoms with Gasteiger partial charge in [0.05, 0.1) is 5.69 Å². The Bertz CT molecular complexity index is 720. The number of H-pyrrole nitrogens is 1. The zero-order chi connectivity index (χ0) is 14.1. The smallest absolute Gasteiger partial charge is 0.293 e. The van der Waals surface area contributed by atoms with Crippen LogP contribution in [0.4, 0.5) is 5.95 Å². The molecule has 2 aromatic rings. The lowest BCUT2D eigenvalue weighted by atomic mass is 9.97. The highest BCUT2D eigenvalue weighted by molar-refractivity contribution is 6.29. The number of nitrogens with one attached hydrogen (secondary N) is 2. The number of fused-ring (bicyclic) bond motifs is 1. The second-order valence-electron chi connectivity index (χ2n) is 4.60. The Morgan fingerprint density at radius 1 is 1.35 bits per heavy atom. The van der Waals surface area contributed by atoms with E-state index in [1.165, 1.54) is 12.1 Å². The van der Waals surface area contributed by atoms with Crippen LogP contribution in [0.1, 0.15) is 34.7 Å². The highest BCUT2D eigenvalue weighted by Crippen LogP contribution is 2.17. The molecule has 0 bridgehead atoms. The predicted molar refractivity (Wildman–Crippen MR) is 73.2 cm³/mol. The molecule has 3 rings (SSSR count). The van der Waals surface area contributed by atoms with Crippen LogP contribution < -0.4 is 10.9 Å². The molecular formula is C13H12ClN3O3. The van der Waals surface area contributed by atoms with Gasteiger partial charge in [-0.2, -0.15) is 0 Å². The third kappa shape index (κ3) is 2.46. The number of carbonyl (C=O) groups is 1. The monoisotopic (exact) mass is 293 g/mol. The predicted octanol–water partition coefficient (Wildman–Crippen LogP) is 2.15. The number of aromatic amines is 1. The summed E-state index contributed by atoms with van der Waals surface area (Å²) in [6.07, 6.45) is 3.49. The Morgan fingerprint density at radius 3 is 2.90 bits per heavy atom. The Balaban J connectivity index is 1.86. The molecule has 6 nitrogen and oxygen atoms in total. The first kappa shape index (κ1) is 12.9. The Kier molecular flexibility index (Phi) is 3.31. The fraction of sp³-hybridized carbons (Fsp3) is 0.308. The van der Waals surface area contributed by atoms with Gasteiger partial charge in [0.25, 0.3) is 11.5 Å². The lowest BCUT2D eigenvalue weighted by molar-refractivity contribution is 0.0996. The van der Waals surface area contributed by atoms with Crippen molar-refractivity contribution in [3.63, 3.8) is 0 Å². The van der Waals surface area contributed by atoms with Crippen molar-refractivity contribution in [1.82, 2.24) is 9.97 Å². The molecule has 0 aliphatic heterocycles. The fourth-order valence-corrected chi connectivity index (χ4v) is 2.41. The molecule has 0 saturated heterocycles. The van der Waals surface area contributed by atoms with Crippen LogP contribution in [0, 0.1) is 0 Å². The maximum Gasteiger partial charge on any atom is 0.293 e. The number of hydrogen-bond acceptors (Lipinski definition) is 4. The molecule has 20 heavy (non-hydrogen) atoms. The minimum Gasteiger partial charge on any atom is -0.440 e. The van der Waals surface area contributed by atoms with E-state index in [2.05, 4.69) is 15.3 Å². The molecule has 2 N–H and O–H groups in total. The van der Waals surface area contributed by atoms with Crippen molar-refractivity contribution in [2.24, 2.45) is 0 Å². The molecule has 0 radical (unpaired) electrons. The van der Waals surface area contributed by atoms with Crippen molar-refractivity contribution in [1.29, 1.82) is 0 Å². The van der Waals surface area contributed by atoms with Crippen molar-refractivity contribution in [2.45, 2.75) is 25.7 Å². The van der Waals surface area contributed by atoms with Crippen LogP contribution in [0.3, 0.4) is 0 Å². The zero-order valence-electron chi connectivity index (χ0n) is 10.5. The van der Waals surface area contributed by atoms with Crippen molar-refractivity contribution in [3.05, 3.63) is 44.7 Å². The van der Waals surface area contributed by atoms with Gasteiger partial charge in [-0.1, -0.05) is 0 Å². The molecule has 1 aliphatic rings. The number of rotatable bonds is 2. The SMILES string of the molecule is O=C(Nc1nc2c(c(=O)[nH]1)CCCC2)c1ccc(Cl)o1. The van der Waals surface area contributed by atoms with Crippen molar-refractivity contribution in [2.75, 3.05) is 5.32 Å². The summed E-state index contributed by atoms with van der Waals surface area (Å²) in [5.74, 6) is -0.306. The number of nitrogens with zero attached hydrogens (tertiary/aromatic N) is 1. The molecule has 0 unspecified atom stereocenters. The van der Waals surface area contributed by atoms with Gasteiger partial charge in [-0.15, -0.1) is 0 Å². The summed E-state index contributed by atoms with van der Waals surface area (Å²) in [5, 5.41) is 2.63. The number of halogens is 1. The summed E-state index contributed by atoms with van der Waals surface area (Å²) in [7, 11) is 0. The van der Waals surface area contributed by atoms with E-state index in [0.717, 1.165) is 36.9 Å². The van der Waals surface area contributed by atoms with Crippen LogP contribution in [0.5, 0.6) is 0 Å². The van der Waals surface area contributed by atoms with Gasteiger partial charge >= 0.3 is 0 Å². The first-order chi connectivity index (χ1) is 9.63. The van der Waals surface area contributed by atoms with Crippen LogP contribution >= 0.6 is 11.6 Å².